The lowest BCUT2D eigenvalue weighted by atomic mass is 9.96. The van der Waals surface area contributed by atoms with E-state index in [9.17, 15) is 20.4 Å². The number of ether oxygens (including phenoxy) is 2. The first-order valence-corrected chi connectivity index (χ1v) is 8.65. The number of halogens is 1. The zero-order chi connectivity index (χ0) is 17.3. The minimum Gasteiger partial charge on any atom is -0.462 e. The van der Waals surface area contributed by atoms with E-state index in [0.717, 1.165) is 31.2 Å². The molecular formula is C17H23ClO6. The van der Waals surface area contributed by atoms with Gasteiger partial charge in [0.25, 0.3) is 0 Å². The Morgan fingerprint density at radius 2 is 1.79 bits per heavy atom. The molecule has 0 radical (unpaired) electrons. The molecule has 0 aromatic heterocycles. The molecule has 5 atom stereocenters. The van der Waals surface area contributed by atoms with Crippen LogP contribution in [-0.2, 0) is 4.74 Å². The number of aliphatic hydroxyl groups is 4. The molecule has 4 N–H and O–H groups in total. The van der Waals surface area contributed by atoms with Crippen LogP contribution >= 0.6 is 11.6 Å². The second-order valence-corrected chi connectivity index (χ2v) is 6.92. The summed E-state index contributed by atoms with van der Waals surface area (Å²) in [6, 6.07) is 5.27. The van der Waals surface area contributed by atoms with Crippen molar-refractivity contribution in [1.82, 2.24) is 0 Å². The van der Waals surface area contributed by atoms with Gasteiger partial charge in [-0.15, -0.1) is 0 Å². The summed E-state index contributed by atoms with van der Waals surface area (Å²) in [7, 11) is 0. The lowest BCUT2D eigenvalue weighted by Crippen LogP contribution is -2.60. The molecule has 0 bridgehead atoms. The van der Waals surface area contributed by atoms with Gasteiger partial charge in [0, 0.05) is 5.02 Å². The summed E-state index contributed by atoms with van der Waals surface area (Å²) >= 11 is 6.11. The Labute approximate surface area is 145 Å². The highest BCUT2D eigenvalue weighted by atomic mass is 35.5. The molecule has 1 aromatic rings. The first-order chi connectivity index (χ1) is 11.5. The molecular weight excluding hydrogens is 336 g/mol. The van der Waals surface area contributed by atoms with Crippen LogP contribution in [0, 0.1) is 0 Å². The fourth-order valence-corrected chi connectivity index (χ4v) is 3.65. The third-order valence-corrected chi connectivity index (χ3v) is 5.09. The van der Waals surface area contributed by atoms with Crippen molar-refractivity contribution in [3.63, 3.8) is 0 Å². The van der Waals surface area contributed by atoms with Crippen LogP contribution in [0.5, 0.6) is 5.75 Å². The fraction of sp³-hybridized carbons (Fsp3) is 0.647. The summed E-state index contributed by atoms with van der Waals surface area (Å²) in [6.45, 7) is -0.485. The maximum atomic E-state index is 10.1. The van der Waals surface area contributed by atoms with E-state index >= 15 is 0 Å². The second-order valence-electron chi connectivity index (χ2n) is 6.48. The Morgan fingerprint density at radius 1 is 1.08 bits per heavy atom. The number of aliphatic hydroxyl groups excluding tert-OH is 4. The van der Waals surface area contributed by atoms with Gasteiger partial charge in [-0.1, -0.05) is 24.4 Å². The minimum absolute atomic E-state index is 0.337. The highest BCUT2D eigenvalue weighted by Gasteiger charge is 2.45. The van der Waals surface area contributed by atoms with Crippen LogP contribution in [0.3, 0.4) is 0 Å². The van der Waals surface area contributed by atoms with Crippen molar-refractivity contribution in [2.45, 2.75) is 62.3 Å². The van der Waals surface area contributed by atoms with Gasteiger partial charge in [-0.3, -0.25) is 0 Å². The molecule has 3 rings (SSSR count). The molecule has 0 amide bonds. The monoisotopic (exact) mass is 358 g/mol. The molecule has 0 spiro atoms. The van der Waals surface area contributed by atoms with Gasteiger partial charge in [0.2, 0.25) is 6.29 Å². The molecule has 2 aliphatic rings. The third kappa shape index (κ3) is 3.54. The van der Waals surface area contributed by atoms with E-state index in [1.165, 1.54) is 0 Å². The molecule has 24 heavy (non-hydrogen) atoms. The van der Waals surface area contributed by atoms with Gasteiger partial charge in [-0.25, -0.2) is 0 Å². The first kappa shape index (κ1) is 17.9. The van der Waals surface area contributed by atoms with Crippen molar-refractivity contribution in [2.75, 3.05) is 6.61 Å². The van der Waals surface area contributed by atoms with E-state index in [1.807, 2.05) is 6.07 Å². The van der Waals surface area contributed by atoms with E-state index < -0.39 is 37.3 Å². The fourth-order valence-electron chi connectivity index (χ4n) is 3.47. The van der Waals surface area contributed by atoms with Crippen LogP contribution in [0.1, 0.15) is 37.2 Å². The van der Waals surface area contributed by atoms with Gasteiger partial charge in [-0.2, -0.15) is 0 Å². The van der Waals surface area contributed by atoms with Crippen molar-refractivity contribution < 1.29 is 29.9 Å². The van der Waals surface area contributed by atoms with Crippen LogP contribution in [0.25, 0.3) is 0 Å². The van der Waals surface area contributed by atoms with E-state index in [0.29, 0.717) is 16.7 Å². The van der Waals surface area contributed by atoms with E-state index in [4.69, 9.17) is 21.1 Å². The molecule has 1 aromatic carbocycles. The van der Waals surface area contributed by atoms with Gasteiger partial charge >= 0.3 is 0 Å². The molecule has 1 aliphatic carbocycles. The smallest absolute Gasteiger partial charge is 0.229 e. The predicted octanol–water partition coefficient (Wildman–Crippen LogP) is 1.18. The Hall–Kier alpha value is -0.890. The van der Waals surface area contributed by atoms with Gasteiger partial charge in [0.05, 0.1) is 6.61 Å². The third-order valence-electron chi connectivity index (χ3n) is 4.86. The zero-order valence-corrected chi connectivity index (χ0v) is 14.0. The van der Waals surface area contributed by atoms with Crippen molar-refractivity contribution in [3.8, 4) is 5.75 Å². The van der Waals surface area contributed by atoms with Crippen LogP contribution in [0.15, 0.2) is 18.2 Å². The highest BCUT2D eigenvalue weighted by molar-refractivity contribution is 6.30. The molecule has 6 nitrogen and oxygen atoms in total. The Morgan fingerprint density at radius 3 is 2.46 bits per heavy atom. The van der Waals surface area contributed by atoms with Gasteiger partial charge in [0.15, 0.2) is 0 Å². The average molecular weight is 359 g/mol. The molecule has 2 fully saturated rings. The average Bonchev–Trinajstić information content (AvgIpc) is 3.11. The largest absolute Gasteiger partial charge is 0.462 e. The Balaban J connectivity index is 1.82. The second kappa shape index (κ2) is 7.56. The number of hydrogen-bond donors (Lipinski definition) is 4. The van der Waals surface area contributed by atoms with Gasteiger partial charge < -0.3 is 29.9 Å². The van der Waals surface area contributed by atoms with Crippen molar-refractivity contribution >= 4 is 11.6 Å². The maximum absolute atomic E-state index is 10.1. The lowest BCUT2D eigenvalue weighted by molar-refractivity contribution is -0.277. The highest BCUT2D eigenvalue weighted by Crippen LogP contribution is 2.40. The van der Waals surface area contributed by atoms with Crippen molar-refractivity contribution in [2.24, 2.45) is 0 Å². The predicted molar refractivity (Wildman–Crippen MR) is 87.1 cm³/mol. The van der Waals surface area contributed by atoms with Crippen LogP contribution < -0.4 is 4.74 Å². The van der Waals surface area contributed by atoms with Crippen LogP contribution in [0.4, 0.5) is 0 Å². The Kier molecular flexibility index (Phi) is 5.64. The van der Waals surface area contributed by atoms with Crippen LogP contribution in [-0.4, -0.2) is 57.7 Å². The van der Waals surface area contributed by atoms with E-state index in [2.05, 4.69) is 0 Å². The molecule has 1 heterocycles. The topological polar surface area (TPSA) is 99.4 Å². The van der Waals surface area contributed by atoms with Crippen LogP contribution in [0.2, 0.25) is 5.02 Å². The van der Waals surface area contributed by atoms with Crippen molar-refractivity contribution in [1.29, 1.82) is 0 Å². The molecule has 1 saturated carbocycles. The van der Waals surface area contributed by atoms with Gasteiger partial charge in [0.1, 0.15) is 30.2 Å². The SMILES string of the molecule is OCC1OC(Oc2ccc(Cl)cc2C2CCCC2)C(O)C(O)C1O. The van der Waals surface area contributed by atoms with Gasteiger partial charge in [-0.05, 0) is 42.5 Å². The molecule has 134 valence electrons. The zero-order valence-electron chi connectivity index (χ0n) is 13.2. The molecule has 5 unspecified atom stereocenters. The molecule has 1 saturated heterocycles. The normalized spacial score (nSPS) is 34.5. The van der Waals surface area contributed by atoms with E-state index in [-0.39, 0.29) is 0 Å². The summed E-state index contributed by atoms with van der Waals surface area (Å²) in [4.78, 5) is 0. The first-order valence-electron chi connectivity index (χ1n) is 8.28. The lowest BCUT2D eigenvalue weighted by Gasteiger charge is -2.39. The minimum atomic E-state index is -1.46. The molecule has 7 heteroatoms. The van der Waals surface area contributed by atoms with Crippen molar-refractivity contribution in [3.05, 3.63) is 28.8 Å². The number of benzene rings is 1. The maximum Gasteiger partial charge on any atom is 0.229 e. The Bertz CT molecular complexity index is 560. The van der Waals surface area contributed by atoms with E-state index in [1.54, 1.807) is 12.1 Å². The number of rotatable bonds is 4. The summed E-state index contributed by atoms with van der Waals surface area (Å²) in [5, 5.41) is 39.7. The number of hydrogen-bond acceptors (Lipinski definition) is 6. The summed E-state index contributed by atoms with van der Waals surface area (Å²) in [5.74, 6) is 0.874. The quantitative estimate of drug-likeness (QED) is 0.645. The summed E-state index contributed by atoms with van der Waals surface area (Å²) in [5.41, 5.74) is 0.956. The molecule has 1 aliphatic heterocycles. The summed E-state index contributed by atoms with van der Waals surface area (Å²) in [6.07, 6.45) is -2.05. The summed E-state index contributed by atoms with van der Waals surface area (Å²) < 4.78 is 11.2. The standard InChI is InChI=1S/C17H23ClO6/c18-10-5-6-12(11(7-10)9-3-1-2-4-9)23-17-16(22)15(21)14(20)13(8-19)24-17/h5-7,9,13-17,19-22H,1-4,8H2.